The summed E-state index contributed by atoms with van der Waals surface area (Å²) in [6.07, 6.45) is 1.49. The average Bonchev–Trinajstić information content (AvgIpc) is 2.77. The second-order valence-corrected chi connectivity index (χ2v) is 6.47. The quantitative estimate of drug-likeness (QED) is 0.905. The highest BCUT2D eigenvalue weighted by molar-refractivity contribution is 7.92. The van der Waals surface area contributed by atoms with E-state index in [1.807, 2.05) is 26.0 Å². The molecule has 0 saturated carbocycles. The summed E-state index contributed by atoms with van der Waals surface area (Å²) in [5, 5.41) is 9.13. The zero-order valence-electron chi connectivity index (χ0n) is 11.7. The van der Waals surface area contributed by atoms with Crippen LogP contribution in [-0.2, 0) is 23.7 Å². The molecule has 2 rings (SSSR count). The third kappa shape index (κ3) is 2.71. The number of benzene rings is 1. The van der Waals surface area contributed by atoms with Gasteiger partial charge in [0.15, 0.2) is 0 Å². The number of rotatable bonds is 4. The number of hydrogen-bond acceptors (Lipinski definition) is 3. The number of sulfonamides is 1. The molecule has 1 aromatic carbocycles. The molecule has 0 aliphatic carbocycles. The minimum atomic E-state index is -3.65. The predicted octanol–water partition coefficient (Wildman–Crippen LogP) is 1.94. The molecule has 2 N–H and O–H groups in total. The molecular weight excluding hydrogens is 276 g/mol. The van der Waals surface area contributed by atoms with Crippen LogP contribution in [0, 0.1) is 13.8 Å². The van der Waals surface area contributed by atoms with E-state index >= 15 is 0 Å². The Bertz CT molecular complexity index is 733. The summed E-state index contributed by atoms with van der Waals surface area (Å²) in [7, 11) is -1.95. The maximum atomic E-state index is 12.3. The monoisotopic (exact) mass is 294 g/mol. The second kappa shape index (κ2) is 5.30. The number of nitrogens with one attached hydrogen (secondary N) is 1. The third-order valence-corrected chi connectivity index (χ3v) is 4.74. The Morgan fingerprint density at radius 1 is 1.30 bits per heavy atom. The van der Waals surface area contributed by atoms with Crippen LogP contribution in [-0.4, -0.2) is 18.1 Å². The summed E-state index contributed by atoms with van der Waals surface area (Å²) in [5.41, 5.74) is 3.04. The molecule has 2 aromatic rings. The van der Waals surface area contributed by atoms with Crippen LogP contribution in [0.4, 0.5) is 5.69 Å². The Hall–Kier alpha value is -1.79. The van der Waals surface area contributed by atoms with Gasteiger partial charge in [-0.2, -0.15) is 0 Å². The van der Waals surface area contributed by atoms with Gasteiger partial charge in [-0.1, -0.05) is 12.1 Å². The van der Waals surface area contributed by atoms with Crippen LogP contribution in [0.15, 0.2) is 35.4 Å². The Kier molecular flexibility index (Phi) is 3.87. The van der Waals surface area contributed by atoms with Gasteiger partial charge in [0.1, 0.15) is 4.90 Å². The van der Waals surface area contributed by atoms with E-state index in [1.54, 1.807) is 17.7 Å². The number of nitrogens with zero attached hydrogens (tertiary/aromatic N) is 1. The van der Waals surface area contributed by atoms with Gasteiger partial charge in [0.2, 0.25) is 0 Å². The van der Waals surface area contributed by atoms with Crippen molar-refractivity contribution in [2.45, 2.75) is 25.3 Å². The standard InChI is InChI=1S/C14H18N2O3S/c1-10-5-4-6-14(11(10)2)15-20(18,19)13-7-12(9-17)16(3)8-13/h4-8,15,17H,9H2,1-3H3. The van der Waals surface area contributed by atoms with Crippen LogP contribution >= 0.6 is 0 Å². The molecule has 20 heavy (non-hydrogen) atoms. The first-order chi connectivity index (χ1) is 9.35. The van der Waals surface area contributed by atoms with Gasteiger partial charge in [-0.25, -0.2) is 8.42 Å². The summed E-state index contributed by atoms with van der Waals surface area (Å²) >= 11 is 0. The Labute approximate surface area is 118 Å². The summed E-state index contributed by atoms with van der Waals surface area (Å²) in [4.78, 5) is 0.143. The van der Waals surface area contributed by atoms with Gasteiger partial charge in [0.05, 0.1) is 12.3 Å². The van der Waals surface area contributed by atoms with Crippen LogP contribution in [0.25, 0.3) is 0 Å². The summed E-state index contributed by atoms with van der Waals surface area (Å²) < 4.78 is 28.9. The van der Waals surface area contributed by atoms with Gasteiger partial charge in [0, 0.05) is 18.9 Å². The number of hydrogen-bond donors (Lipinski definition) is 2. The first-order valence-electron chi connectivity index (χ1n) is 6.20. The van der Waals surface area contributed by atoms with Crippen LogP contribution in [0.2, 0.25) is 0 Å². The zero-order valence-corrected chi connectivity index (χ0v) is 12.5. The minimum absolute atomic E-state index is 0.143. The Balaban J connectivity index is 2.38. The molecule has 0 fully saturated rings. The maximum absolute atomic E-state index is 12.3. The number of aryl methyl sites for hydroxylation is 2. The van der Waals surface area contributed by atoms with Crippen molar-refractivity contribution in [2.75, 3.05) is 4.72 Å². The van der Waals surface area contributed by atoms with Crippen molar-refractivity contribution in [3.8, 4) is 0 Å². The van der Waals surface area contributed by atoms with E-state index in [9.17, 15) is 8.42 Å². The van der Waals surface area contributed by atoms with Crippen LogP contribution in [0.5, 0.6) is 0 Å². The van der Waals surface area contributed by atoms with E-state index in [0.717, 1.165) is 11.1 Å². The summed E-state index contributed by atoms with van der Waals surface area (Å²) in [6.45, 7) is 3.60. The molecule has 5 nitrogen and oxygen atoms in total. The van der Waals surface area contributed by atoms with Crippen molar-refractivity contribution in [2.24, 2.45) is 7.05 Å². The molecule has 0 spiro atoms. The fourth-order valence-electron chi connectivity index (χ4n) is 1.95. The van der Waals surface area contributed by atoms with Crippen molar-refractivity contribution in [1.29, 1.82) is 0 Å². The Morgan fingerprint density at radius 3 is 2.60 bits per heavy atom. The predicted molar refractivity (Wildman–Crippen MR) is 78.1 cm³/mol. The number of aliphatic hydroxyl groups is 1. The van der Waals surface area contributed by atoms with Gasteiger partial charge in [-0.05, 0) is 37.1 Å². The van der Waals surface area contributed by atoms with E-state index in [2.05, 4.69) is 4.72 Å². The number of aromatic nitrogens is 1. The van der Waals surface area contributed by atoms with Crippen molar-refractivity contribution in [3.63, 3.8) is 0 Å². The minimum Gasteiger partial charge on any atom is -0.390 e. The first-order valence-corrected chi connectivity index (χ1v) is 7.68. The highest BCUT2D eigenvalue weighted by atomic mass is 32.2. The first kappa shape index (κ1) is 14.6. The fourth-order valence-corrected chi connectivity index (χ4v) is 3.16. The Morgan fingerprint density at radius 2 is 2.00 bits per heavy atom. The highest BCUT2D eigenvalue weighted by Crippen LogP contribution is 2.22. The van der Waals surface area contributed by atoms with Crippen molar-refractivity contribution >= 4 is 15.7 Å². The lowest BCUT2D eigenvalue weighted by Crippen LogP contribution is -2.13. The molecule has 0 unspecified atom stereocenters. The van der Waals surface area contributed by atoms with E-state index < -0.39 is 10.0 Å². The number of anilines is 1. The van der Waals surface area contributed by atoms with Gasteiger partial charge < -0.3 is 9.67 Å². The van der Waals surface area contributed by atoms with Crippen LogP contribution < -0.4 is 4.72 Å². The average molecular weight is 294 g/mol. The largest absolute Gasteiger partial charge is 0.390 e. The topological polar surface area (TPSA) is 71.3 Å². The van der Waals surface area contributed by atoms with Crippen molar-refractivity contribution < 1.29 is 13.5 Å². The molecule has 1 heterocycles. The molecule has 0 bridgehead atoms. The molecule has 1 aromatic heterocycles. The molecule has 108 valence electrons. The van der Waals surface area contributed by atoms with Gasteiger partial charge in [0.25, 0.3) is 10.0 Å². The van der Waals surface area contributed by atoms with Crippen LogP contribution in [0.3, 0.4) is 0 Å². The second-order valence-electron chi connectivity index (χ2n) is 4.79. The normalized spacial score (nSPS) is 11.6. The molecule has 6 heteroatoms. The van der Waals surface area contributed by atoms with Gasteiger partial charge in [-0.3, -0.25) is 4.72 Å². The number of aliphatic hydroxyl groups excluding tert-OH is 1. The highest BCUT2D eigenvalue weighted by Gasteiger charge is 2.18. The molecule has 0 atom stereocenters. The molecule has 0 aliphatic heterocycles. The van der Waals surface area contributed by atoms with Gasteiger partial charge >= 0.3 is 0 Å². The molecule has 0 amide bonds. The molecule has 0 aliphatic rings. The maximum Gasteiger partial charge on any atom is 0.263 e. The summed E-state index contributed by atoms with van der Waals surface area (Å²) in [6, 6.07) is 6.94. The van der Waals surface area contributed by atoms with E-state index in [4.69, 9.17) is 5.11 Å². The van der Waals surface area contributed by atoms with Crippen LogP contribution in [0.1, 0.15) is 16.8 Å². The smallest absolute Gasteiger partial charge is 0.263 e. The lowest BCUT2D eigenvalue weighted by molar-refractivity contribution is 0.272. The van der Waals surface area contributed by atoms with E-state index in [0.29, 0.717) is 11.4 Å². The SMILES string of the molecule is Cc1cccc(NS(=O)(=O)c2cc(CO)n(C)c2)c1C. The zero-order chi connectivity index (χ0) is 14.9. The molecule has 0 saturated heterocycles. The van der Waals surface area contributed by atoms with Crippen molar-refractivity contribution in [1.82, 2.24) is 4.57 Å². The lowest BCUT2D eigenvalue weighted by Gasteiger charge is -2.11. The summed E-state index contributed by atoms with van der Waals surface area (Å²) in [5.74, 6) is 0. The lowest BCUT2D eigenvalue weighted by atomic mass is 10.1. The van der Waals surface area contributed by atoms with Gasteiger partial charge in [-0.15, -0.1) is 0 Å². The fraction of sp³-hybridized carbons (Fsp3) is 0.286. The third-order valence-electron chi connectivity index (χ3n) is 3.40. The van der Waals surface area contributed by atoms with E-state index in [1.165, 1.54) is 12.3 Å². The molecule has 0 radical (unpaired) electrons. The van der Waals surface area contributed by atoms with Crippen molar-refractivity contribution in [3.05, 3.63) is 47.3 Å². The van der Waals surface area contributed by atoms with E-state index in [-0.39, 0.29) is 11.5 Å². The molecular formula is C14H18N2O3S.